The Kier molecular flexibility index (Phi) is 3.34. The van der Waals surface area contributed by atoms with Crippen molar-refractivity contribution in [2.45, 2.75) is 51.4 Å². The van der Waals surface area contributed by atoms with Crippen LogP contribution in [0.5, 0.6) is 0 Å². The van der Waals surface area contributed by atoms with Gasteiger partial charge in [-0.05, 0) is 33.2 Å². The number of rotatable bonds is 4. The molecule has 0 bridgehead atoms. The molecule has 11 heavy (non-hydrogen) atoms. The summed E-state index contributed by atoms with van der Waals surface area (Å²) in [5.41, 5.74) is 0. The summed E-state index contributed by atoms with van der Waals surface area (Å²) in [7, 11) is 2.02. The molecule has 0 saturated heterocycles. The average molecular weight is 157 g/mol. The summed E-state index contributed by atoms with van der Waals surface area (Å²) < 4.78 is 5.73. The highest BCUT2D eigenvalue weighted by Gasteiger charge is 2.29. The molecule has 1 fully saturated rings. The standard InChI is InChI=1S/C9H19NO/c1-4-7(2)11-9-5-8(6-9)10-3/h7-10H,4-6H2,1-3H3. The second kappa shape index (κ2) is 4.07. The van der Waals surface area contributed by atoms with Gasteiger partial charge in [-0.25, -0.2) is 0 Å². The zero-order chi connectivity index (χ0) is 8.27. The van der Waals surface area contributed by atoms with E-state index in [0.717, 1.165) is 6.42 Å². The highest BCUT2D eigenvalue weighted by molar-refractivity contribution is 4.85. The molecule has 1 saturated carbocycles. The zero-order valence-corrected chi connectivity index (χ0v) is 7.76. The molecular formula is C9H19NO. The third kappa shape index (κ3) is 2.46. The van der Waals surface area contributed by atoms with Gasteiger partial charge in [0.25, 0.3) is 0 Å². The molecule has 0 aromatic rings. The summed E-state index contributed by atoms with van der Waals surface area (Å²) in [6, 6.07) is 0.712. The normalized spacial score (nSPS) is 33.0. The van der Waals surface area contributed by atoms with Crippen LogP contribution in [-0.2, 0) is 4.74 Å². The fraction of sp³-hybridized carbons (Fsp3) is 1.00. The minimum atomic E-state index is 0.442. The van der Waals surface area contributed by atoms with Crippen LogP contribution in [0.1, 0.15) is 33.1 Å². The Balaban J connectivity index is 2.04. The maximum absolute atomic E-state index is 5.73. The van der Waals surface area contributed by atoms with Crippen molar-refractivity contribution in [3.8, 4) is 0 Å². The van der Waals surface area contributed by atoms with Crippen molar-refractivity contribution < 1.29 is 4.74 Å². The van der Waals surface area contributed by atoms with Gasteiger partial charge in [-0.3, -0.25) is 0 Å². The summed E-state index contributed by atoms with van der Waals surface area (Å²) >= 11 is 0. The molecule has 0 amide bonds. The molecule has 0 spiro atoms. The van der Waals surface area contributed by atoms with Gasteiger partial charge in [-0.2, -0.15) is 0 Å². The largest absolute Gasteiger partial charge is 0.375 e. The second-order valence-corrected chi connectivity index (χ2v) is 3.43. The van der Waals surface area contributed by atoms with E-state index in [1.54, 1.807) is 0 Å². The van der Waals surface area contributed by atoms with E-state index in [-0.39, 0.29) is 0 Å². The monoisotopic (exact) mass is 157 g/mol. The molecule has 1 aliphatic carbocycles. The summed E-state index contributed by atoms with van der Waals surface area (Å²) in [6.45, 7) is 4.31. The van der Waals surface area contributed by atoms with Crippen LogP contribution in [0.4, 0.5) is 0 Å². The third-order valence-corrected chi connectivity index (χ3v) is 2.50. The first-order chi connectivity index (χ1) is 5.26. The van der Waals surface area contributed by atoms with Crippen molar-refractivity contribution in [3.63, 3.8) is 0 Å². The molecule has 0 radical (unpaired) electrons. The number of hydrogen-bond acceptors (Lipinski definition) is 2. The first-order valence-corrected chi connectivity index (χ1v) is 4.59. The lowest BCUT2D eigenvalue weighted by atomic mass is 9.89. The van der Waals surface area contributed by atoms with E-state index < -0.39 is 0 Å². The van der Waals surface area contributed by atoms with Gasteiger partial charge in [0.1, 0.15) is 0 Å². The quantitative estimate of drug-likeness (QED) is 0.668. The Labute approximate surface area is 69.3 Å². The van der Waals surface area contributed by atoms with E-state index in [1.807, 2.05) is 7.05 Å². The Bertz CT molecular complexity index is 110. The van der Waals surface area contributed by atoms with Crippen LogP contribution in [0.15, 0.2) is 0 Å². The van der Waals surface area contributed by atoms with E-state index in [4.69, 9.17) is 4.74 Å². The first kappa shape index (κ1) is 9.01. The summed E-state index contributed by atoms with van der Waals surface area (Å²) in [5.74, 6) is 0. The Hall–Kier alpha value is -0.0800. The van der Waals surface area contributed by atoms with Crippen LogP contribution in [-0.4, -0.2) is 25.3 Å². The van der Waals surface area contributed by atoms with Gasteiger partial charge < -0.3 is 10.1 Å². The number of hydrogen-bond donors (Lipinski definition) is 1. The molecule has 0 aromatic heterocycles. The topological polar surface area (TPSA) is 21.3 Å². The fourth-order valence-corrected chi connectivity index (χ4v) is 1.34. The maximum atomic E-state index is 5.73. The average Bonchev–Trinajstić information content (AvgIpc) is 1.95. The molecule has 1 N–H and O–H groups in total. The highest BCUT2D eigenvalue weighted by Crippen LogP contribution is 2.24. The van der Waals surface area contributed by atoms with Crippen LogP contribution in [0.2, 0.25) is 0 Å². The molecule has 0 aromatic carbocycles. The van der Waals surface area contributed by atoms with E-state index in [9.17, 15) is 0 Å². The molecule has 1 rings (SSSR count). The fourth-order valence-electron chi connectivity index (χ4n) is 1.34. The molecule has 66 valence electrons. The van der Waals surface area contributed by atoms with Gasteiger partial charge >= 0.3 is 0 Å². The van der Waals surface area contributed by atoms with Gasteiger partial charge in [0.05, 0.1) is 12.2 Å². The lowest BCUT2D eigenvalue weighted by Crippen LogP contribution is -2.44. The summed E-state index contributed by atoms with van der Waals surface area (Å²) in [4.78, 5) is 0. The Morgan fingerprint density at radius 3 is 2.64 bits per heavy atom. The third-order valence-electron chi connectivity index (χ3n) is 2.50. The van der Waals surface area contributed by atoms with E-state index in [2.05, 4.69) is 19.2 Å². The van der Waals surface area contributed by atoms with Gasteiger partial charge in [-0.1, -0.05) is 6.92 Å². The Morgan fingerprint density at radius 2 is 2.18 bits per heavy atom. The maximum Gasteiger partial charge on any atom is 0.0608 e. The van der Waals surface area contributed by atoms with Gasteiger partial charge in [0.2, 0.25) is 0 Å². The molecule has 2 heteroatoms. The molecule has 1 unspecified atom stereocenters. The van der Waals surface area contributed by atoms with Gasteiger partial charge in [-0.15, -0.1) is 0 Å². The van der Waals surface area contributed by atoms with Crippen LogP contribution < -0.4 is 5.32 Å². The summed E-state index contributed by atoms with van der Waals surface area (Å²) in [5, 5.41) is 3.24. The molecule has 0 heterocycles. The lowest BCUT2D eigenvalue weighted by Gasteiger charge is -2.36. The first-order valence-electron chi connectivity index (χ1n) is 4.59. The molecule has 1 atom stereocenters. The van der Waals surface area contributed by atoms with Crippen molar-refractivity contribution >= 4 is 0 Å². The highest BCUT2D eigenvalue weighted by atomic mass is 16.5. The van der Waals surface area contributed by atoms with E-state index in [0.29, 0.717) is 18.2 Å². The van der Waals surface area contributed by atoms with Gasteiger partial charge in [0.15, 0.2) is 0 Å². The number of ether oxygens (including phenoxy) is 1. The minimum Gasteiger partial charge on any atom is -0.375 e. The van der Waals surface area contributed by atoms with Crippen molar-refractivity contribution in [2.75, 3.05) is 7.05 Å². The van der Waals surface area contributed by atoms with E-state index in [1.165, 1.54) is 12.8 Å². The lowest BCUT2D eigenvalue weighted by molar-refractivity contribution is -0.0569. The number of nitrogens with one attached hydrogen (secondary N) is 1. The van der Waals surface area contributed by atoms with Crippen LogP contribution in [0, 0.1) is 0 Å². The second-order valence-electron chi connectivity index (χ2n) is 3.43. The predicted octanol–water partition coefficient (Wildman–Crippen LogP) is 1.55. The molecule has 2 nitrogen and oxygen atoms in total. The summed E-state index contributed by atoms with van der Waals surface area (Å²) in [6.07, 6.45) is 4.49. The SMILES string of the molecule is CCC(C)OC1CC(NC)C1. The van der Waals surface area contributed by atoms with Crippen molar-refractivity contribution in [1.82, 2.24) is 5.32 Å². The van der Waals surface area contributed by atoms with E-state index >= 15 is 0 Å². The Morgan fingerprint density at radius 1 is 1.55 bits per heavy atom. The van der Waals surface area contributed by atoms with Crippen LogP contribution in [0.3, 0.4) is 0 Å². The van der Waals surface area contributed by atoms with Crippen LogP contribution >= 0.6 is 0 Å². The molecule has 0 aliphatic heterocycles. The van der Waals surface area contributed by atoms with Crippen LogP contribution in [0.25, 0.3) is 0 Å². The zero-order valence-electron chi connectivity index (χ0n) is 7.76. The van der Waals surface area contributed by atoms with Crippen molar-refractivity contribution in [1.29, 1.82) is 0 Å². The molecule has 1 aliphatic rings. The van der Waals surface area contributed by atoms with Crippen molar-refractivity contribution in [2.24, 2.45) is 0 Å². The smallest absolute Gasteiger partial charge is 0.0608 e. The van der Waals surface area contributed by atoms with Gasteiger partial charge in [0, 0.05) is 6.04 Å². The minimum absolute atomic E-state index is 0.442. The van der Waals surface area contributed by atoms with Crippen molar-refractivity contribution in [3.05, 3.63) is 0 Å². The molecular weight excluding hydrogens is 138 g/mol. The predicted molar refractivity (Wildman–Crippen MR) is 46.7 cm³/mol.